The molecule has 1 aromatic carbocycles. The zero-order valence-corrected chi connectivity index (χ0v) is 14.5. The number of Topliss-reactive ketones (excluding diaryl/α,β-unsaturated/α-hetero) is 1. The van der Waals surface area contributed by atoms with Crippen LogP contribution in [-0.2, 0) is 10.9 Å². The van der Waals surface area contributed by atoms with Gasteiger partial charge in [0.15, 0.2) is 6.61 Å². The highest BCUT2D eigenvalue weighted by Crippen LogP contribution is 2.36. The number of aromatic nitrogens is 1. The SMILES string of the molecule is CCOC(=O)c1c(C)[nH]c(C(=O)COc2ccccc2C(F)(F)F)c1C. The summed E-state index contributed by atoms with van der Waals surface area (Å²) >= 11 is 0. The number of alkyl halides is 3. The number of ether oxygens (including phenoxy) is 2. The molecule has 0 spiro atoms. The van der Waals surface area contributed by atoms with Gasteiger partial charge in [-0.2, -0.15) is 13.2 Å². The quantitative estimate of drug-likeness (QED) is 0.615. The number of H-pyrrole nitrogens is 1. The number of benzene rings is 1. The van der Waals surface area contributed by atoms with Gasteiger partial charge < -0.3 is 14.5 Å². The van der Waals surface area contributed by atoms with E-state index in [1.807, 2.05) is 0 Å². The van der Waals surface area contributed by atoms with Crippen LogP contribution in [0.1, 0.15) is 44.6 Å². The second-order valence-corrected chi connectivity index (χ2v) is 5.55. The van der Waals surface area contributed by atoms with E-state index in [9.17, 15) is 22.8 Å². The van der Waals surface area contributed by atoms with E-state index in [0.717, 1.165) is 12.1 Å². The van der Waals surface area contributed by atoms with Crippen molar-refractivity contribution in [3.05, 3.63) is 52.3 Å². The summed E-state index contributed by atoms with van der Waals surface area (Å²) in [5, 5.41) is 0. The Labute approximate surface area is 148 Å². The standard InChI is InChI=1S/C18H18F3NO4/c1-4-25-17(24)15-10(2)16(22-11(15)3)13(23)9-26-14-8-6-5-7-12(14)18(19,20)21/h5-8,22H,4,9H2,1-3H3. The van der Waals surface area contributed by atoms with Crippen LogP contribution in [-0.4, -0.2) is 30.0 Å². The van der Waals surface area contributed by atoms with E-state index in [1.165, 1.54) is 12.1 Å². The summed E-state index contributed by atoms with van der Waals surface area (Å²) in [7, 11) is 0. The van der Waals surface area contributed by atoms with Crippen molar-refractivity contribution in [1.82, 2.24) is 4.98 Å². The minimum Gasteiger partial charge on any atom is -0.485 e. The molecule has 8 heteroatoms. The fourth-order valence-corrected chi connectivity index (χ4v) is 2.58. The van der Waals surface area contributed by atoms with Gasteiger partial charge in [0, 0.05) is 5.69 Å². The molecule has 1 aromatic heterocycles. The predicted octanol–water partition coefficient (Wildman–Crippen LogP) is 4.09. The number of hydrogen-bond acceptors (Lipinski definition) is 4. The maximum atomic E-state index is 13.0. The third-order valence-corrected chi connectivity index (χ3v) is 3.75. The highest BCUT2D eigenvalue weighted by Gasteiger charge is 2.34. The van der Waals surface area contributed by atoms with Crippen molar-refractivity contribution in [3.8, 4) is 5.75 Å². The van der Waals surface area contributed by atoms with Gasteiger partial charge in [0.1, 0.15) is 5.75 Å². The van der Waals surface area contributed by atoms with Gasteiger partial charge in [0.25, 0.3) is 0 Å². The Hall–Kier alpha value is -2.77. The zero-order chi connectivity index (χ0) is 19.5. The molecule has 1 heterocycles. The smallest absolute Gasteiger partial charge is 0.419 e. The molecule has 5 nitrogen and oxygen atoms in total. The van der Waals surface area contributed by atoms with E-state index in [0.29, 0.717) is 11.3 Å². The average Bonchev–Trinajstić information content (AvgIpc) is 2.87. The molecule has 1 N–H and O–H groups in total. The van der Waals surface area contributed by atoms with Crippen LogP contribution in [0.2, 0.25) is 0 Å². The number of carbonyl (C=O) groups is 2. The molecule has 2 rings (SSSR count). The Morgan fingerprint density at radius 1 is 1.15 bits per heavy atom. The number of nitrogens with one attached hydrogen (secondary N) is 1. The molecule has 0 saturated carbocycles. The average molecular weight is 369 g/mol. The summed E-state index contributed by atoms with van der Waals surface area (Å²) in [4.78, 5) is 27.1. The Morgan fingerprint density at radius 2 is 1.81 bits per heavy atom. The van der Waals surface area contributed by atoms with Crippen LogP contribution in [0.3, 0.4) is 0 Å². The third-order valence-electron chi connectivity index (χ3n) is 3.75. The van der Waals surface area contributed by atoms with Gasteiger partial charge in [0.2, 0.25) is 5.78 Å². The summed E-state index contributed by atoms with van der Waals surface area (Å²) in [6, 6.07) is 4.65. The number of halogens is 3. The molecule has 26 heavy (non-hydrogen) atoms. The maximum absolute atomic E-state index is 13.0. The van der Waals surface area contributed by atoms with Gasteiger partial charge in [-0.25, -0.2) is 4.79 Å². The number of carbonyl (C=O) groups excluding carboxylic acids is 2. The molecule has 0 fully saturated rings. The number of aromatic amines is 1. The minimum absolute atomic E-state index is 0.107. The Balaban J connectivity index is 2.20. The Kier molecular flexibility index (Phi) is 5.74. The first kappa shape index (κ1) is 19.6. The molecule has 0 radical (unpaired) electrons. The lowest BCUT2D eigenvalue weighted by Gasteiger charge is -2.13. The van der Waals surface area contributed by atoms with E-state index < -0.39 is 35.8 Å². The summed E-state index contributed by atoms with van der Waals surface area (Å²) in [6.07, 6.45) is -4.59. The van der Waals surface area contributed by atoms with Gasteiger partial charge >= 0.3 is 12.1 Å². The normalized spacial score (nSPS) is 11.3. The monoisotopic (exact) mass is 369 g/mol. The predicted molar refractivity (Wildman–Crippen MR) is 87.5 cm³/mol. The van der Waals surface area contributed by atoms with E-state index >= 15 is 0 Å². The molecule has 2 aromatic rings. The van der Waals surface area contributed by atoms with Crippen LogP contribution in [0.4, 0.5) is 13.2 Å². The largest absolute Gasteiger partial charge is 0.485 e. The van der Waals surface area contributed by atoms with Gasteiger partial charge in [-0.1, -0.05) is 12.1 Å². The molecule has 0 unspecified atom stereocenters. The van der Waals surface area contributed by atoms with Crippen molar-refractivity contribution < 1.29 is 32.2 Å². The lowest BCUT2D eigenvalue weighted by Crippen LogP contribution is -2.16. The highest BCUT2D eigenvalue weighted by molar-refractivity contribution is 6.02. The van der Waals surface area contributed by atoms with Crippen LogP contribution < -0.4 is 4.74 Å². The fourth-order valence-electron chi connectivity index (χ4n) is 2.58. The Morgan fingerprint density at radius 3 is 2.42 bits per heavy atom. The number of ketones is 1. The molecule has 0 aliphatic heterocycles. The first-order valence-corrected chi connectivity index (χ1v) is 7.85. The van der Waals surface area contributed by atoms with Crippen molar-refractivity contribution in [2.75, 3.05) is 13.2 Å². The highest BCUT2D eigenvalue weighted by atomic mass is 19.4. The zero-order valence-electron chi connectivity index (χ0n) is 14.5. The molecule has 0 aliphatic carbocycles. The van der Waals surface area contributed by atoms with Gasteiger partial charge in [-0.05, 0) is 38.5 Å². The number of esters is 1. The minimum atomic E-state index is -4.59. The molecule has 140 valence electrons. The van der Waals surface area contributed by atoms with Crippen molar-refractivity contribution in [1.29, 1.82) is 0 Å². The lowest BCUT2D eigenvalue weighted by molar-refractivity contribution is -0.138. The molecule has 0 amide bonds. The molecule has 0 saturated heterocycles. The van der Waals surface area contributed by atoms with Gasteiger partial charge in [0.05, 0.1) is 23.4 Å². The van der Waals surface area contributed by atoms with Crippen molar-refractivity contribution in [2.45, 2.75) is 26.9 Å². The number of para-hydroxylation sites is 1. The van der Waals surface area contributed by atoms with Gasteiger partial charge in [-0.15, -0.1) is 0 Å². The summed E-state index contributed by atoms with van der Waals surface area (Å²) in [5.74, 6) is -1.57. The summed E-state index contributed by atoms with van der Waals surface area (Å²) in [5.41, 5.74) is 0.207. The van der Waals surface area contributed by atoms with Crippen LogP contribution in [0.5, 0.6) is 5.75 Å². The van der Waals surface area contributed by atoms with Crippen molar-refractivity contribution in [2.24, 2.45) is 0 Å². The Bertz CT molecular complexity index is 824. The van der Waals surface area contributed by atoms with E-state index in [1.54, 1.807) is 20.8 Å². The number of hydrogen-bond donors (Lipinski definition) is 1. The summed E-state index contributed by atoms with van der Waals surface area (Å²) in [6.45, 7) is 4.41. The van der Waals surface area contributed by atoms with E-state index in [4.69, 9.17) is 9.47 Å². The maximum Gasteiger partial charge on any atom is 0.419 e. The second kappa shape index (κ2) is 7.63. The molecule has 0 bridgehead atoms. The lowest BCUT2D eigenvalue weighted by atomic mass is 10.1. The van der Waals surface area contributed by atoms with Crippen molar-refractivity contribution in [3.63, 3.8) is 0 Å². The van der Waals surface area contributed by atoms with Crippen LogP contribution >= 0.6 is 0 Å². The van der Waals surface area contributed by atoms with Crippen LogP contribution in [0.25, 0.3) is 0 Å². The first-order chi connectivity index (χ1) is 12.2. The molecule has 0 aliphatic rings. The van der Waals surface area contributed by atoms with Crippen molar-refractivity contribution >= 4 is 11.8 Å². The van der Waals surface area contributed by atoms with E-state index in [2.05, 4.69) is 4.98 Å². The fraction of sp³-hybridized carbons (Fsp3) is 0.333. The van der Waals surface area contributed by atoms with Crippen LogP contribution in [0.15, 0.2) is 24.3 Å². The topological polar surface area (TPSA) is 68.4 Å². The number of aryl methyl sites for hydroxylation is 1. The van der Waals surface area contributed by atoms with Crippen LogP contribution in [0, 0.1) is 13.8 Å². The second-order valence-electron chi connectivity index (χ2n) is 5.55. The van der Waals surface area contributed by atoms with Gasteiger partial charge in [-0.3, -0.25) is 4.79 Å². The third kappa shape index (κ3) is 4.07. The molecular weight excluding hydrogens is 351 g/mol. The molecule has 0 atom stereocenters. The number of rotatable bonds is 6. The first-order valence-electron chi connectivity index (χ1n) is 7.85. The molecular formula is C18H18F3NO4. The summed E-state index contributed by atoms with van der Waals surface area (Å²) < 4.78 is 48.9. The van der Waals surface area contributed by atoms with E-state index in [-0.39, 0.29) is 17.9 Å².